The fourth-order valence-electron chi connectivity index (χ4n) is 10.7. The second-order valence-corrected chi connectivity index (χ2v) is 23.6. The third kappa shape index (κ3) is 15.3. The van der Waals surface area contributed by atoms with E-state index in [0.29, 0.717) is 0 Å². The second kappa shape index (κ2) is 27.8. The zero-order valence-electron chi connectivity index (χ0n) is 49.0. The highest BCUT2D eigenvalue weighted by atomic mass is 35.5. The van der Waals surface area contributed by atoms with Gasteiger partial charge in [0, 0.05) is 36.3 Å². The molecule has 2 aliphatic rings. The highest BCUT2D eigenvalue weighted by molar-refractivity contribution is 6.01. The maximum absolute atomic E-state index is 14.8. The lowest BCUT2D eigenvalue weighted by molar-refractivity contribution is -0.144. The van der Waals surface area contributed by atoms with Crippen molar-refractivity contribution in [3.63, 3.8) is 0 Å². The van der Waals surface area contributed by atoms with Gasteiger partial charge in [0.05, 0.1) is 24.2 Å². The quantitative estimate of drug-likeness (QED) is 0.0490. The number of amides is 8. The summed E-state index contributed by atoms with van der Waals surface area (Å²) in [6, 6.07) is 25.9. The van der Waals surface area contributed by atoms with Gasteiger partial charge >= 0.3 is 0 Å². The van der Waals surface area contributed by atoms with Gasteiger partial charge in [-0.25, -0.2) is 0 Å². The number of rotatable bonds is 18. The van der Waals surface area contributed by atoms with Crippen molar-refractivity contribution in [2.75, 3.05) is 27.2 Å². The van der Waals surface area contributed by atoms with Crippen LogP contribution in [0.3, 0.4) is 0 Å². The van der Waals surface area contributed by atoms with Crippen LogP contribution in [0.2, 0.25) is 0 Å². The van der Waals surface area contributed by atoms with Crippen molar-refractivity contribution >= 4 is 93.6 Å². The van der Waals surface area contributed by atoms with Crippen LogP contribution in [0.1, 0.15) is 126 Å². The lowest BCUT2D eigenvalue weighted by Crippen LogP contribution is -2.59. The van der Waals surface area contributed by atoms with Crippen molar-refractivity contribution in [1.82, 2.24) is 52.3 Å². The van der Waals surface area contributed by atoms with Crippen molar-refractivity contribution in [3.05, 3.63) is 131 Å². The van der Waals surface area contributed by atoms with Gasteiger partial charge in [-0.2, -0.15) is 0 Å². The molecule has 2 fully saturated rings. The number of hydrogen-bond donors (Lipinski definition) is 8. The molecule has 2 unspecified atom stereocenters. The number of halogens is 2. The number of fused-ring (bicyclic) bond motifs is 2. The Labute approximate surface area is 494 Å². The van der Waals surface area contributed by atoms with E-state index in [2.05, 4.69) is 42.5 Å². The maximum Gasteiger partial charge on any atom is 0.251 e. The molecule has 7 rings (SSSR count). The molecule has 0 spiro atoms. The van der Waals surface area contributed by atoms with Gasteiger partial charge in [-0.1, -0.05) is 133 Å². The van der Waals surface area contributed by atoms with E-state index < -0.39 is 107 Å². The number of carbonyl (C=O) groups excluding carboxylic acids is 8. The Morgan fingerprint density at radius 1 is 0.476 bits per heavy atom. The summed E-state index contributed by atoms with van der Waals surface area (Å²) in [7, 11) is 3.29. The van der Waals surface area contributed by atoms with E-state index in [-0.39, 0.29) is 73.7 Å². The molecule has 0 bridgehead atoms. The van der Waals surface area contributed by atoms with Crippen LogP contribution < -0.4 is 42.5 Å². The highest BCUT2D eigenvalue weighted by Gasteiger charge is 2.48. The molecule has 10 atom stereocenters. The lowest BCUT2D eigenvalue weighted by Gasteiger charge is -2.36. The van der Waals surface area contributed by atoms with Gasteiger partial charge in [-0.05, 0) is 116 Å². The molecule has 18 nitrogen and oxygen atoms in total. The zero-order chi connectivity index (χ0) is 58.4. The van der Waals surface area contributed by atoms with Crippen LogP contribution in [-0.4, -0.2) is 133 Å². The Morgan fingerprint density at radius 3 is 1.17 bits per heavy atom. The molecular formula is C62H82Cl2N10O8. The van der Waals surface area contributed by atoms with Gasteiger partial charge in [-0.15, -0.1) is 24.8 Å². The third-order valence-corrected chi connectivity index (χ3v) is 15.6. The number of carbonyl (C=O) groups is 8. The SMILES string of the molecule is CN[C@@H](C)C(=O)NC(C(=O)N1C[C@@H](NC(=O)c2cccc(C(=O)N[C@H]3CC(C(=O)N[C@H](C)c4cccc5ccccc45)N(C(=O)[C@@H](NC(=O)[C@H](C)NC)C(C)(C)C)C3)c2)C[C@H]1C(=O)N[C@H](C)c1cccc2ccccc12)C(C)(C)C.Cl.Cl. The molecule has 0 radical (unpaired) electrons. The smallest absolute Gasteiger partial charge is 0.251 e. The first-order chi connectivity index (χ1) is 37.8. The standard InChI is InChI=1S/C62H80N10O8.2ClH/c1-35(45-28-18-22-39-20-13-15-26-47(39)45)65-57(77)49-31-43(33-71(49)59(79)51(61(5,6)7)69-53(73)37(3)63-11)67-55(75)41-24-17-25-42(30-41)56(76)68-44-32-50(58(78)66-36(2)46-29-19-23-40-21-14-16-27-48(40)46)72(34-44)60(80)52(62(8,9)10)70-54(74)38(4)64-12;;/h13-30,35-38,43-44,49-52,63-64H,31-34H2,1-12H3,(H,65,77)(H,66,78)(H,67,75)(H,68,76)(H,69,73)(H,70,74);2*1H/t35-,36-,37+,38+,43+,44+,49+,50?,51?,52-;;/m1../s1. The minimum Gasteiger partial charge on any atom is -0.348 e. The summed E-state index contributed by atoms with van der Waals surface area (Å²) in [4.78, 5) is 116. The van der Waals surface area contributed by atoms with Crippen LogP contribution in [-0.2, 0) is 28.8 Å². The molecule has 2 saturated heterocycles. The van der Waals surface area contributed by atoms with Crippen molar-refractivity contribution in [2.45, 2.75) is 142 Å². The van der Waals surface area contributed by atoms with Crippen LogP contribution in [0.15, 0.2) is 109 Å². The first-order valence-electron chi connectivity index (χ1n) is 27.6. The molecule has 5 aromatic rings. The van der Waals surface area contributed by atoms with Crippen molar-refractivity contribution in [3.8, 4) is 0 Å². The Bertz CT molecular complexity index is 2930. The summed E-state index contributed by atoms with van der Waals surface area (Å²) in [6.07, 6.45) is 0.119. The molecule has 5 aromatic carbocycles. The number of likely N-dealkylation sites (tertiary alicyclic amines) is 2. The summed E-state index contributed by atoms with van der Waals surface area (Å²) < 4.78 is 0. The highest BCUT2D eigenvalue weighted by Crippen LogP contribution is 2.31. The van der Waals surface area contributed by atoms with Crippen LogP contribution in [0.5, 0.6) is 0 Å². The Balaban J connectivity index is 0.00000616. The number of likely N-dealkylation sites (N-methyl/N-ethyl adjacent to an activating group) is 2. The number of nitrogens with zero attached hydrogens (tertiary/aromatic N) is 2. The molecule has 8 N–H and O–H groups in total. The summed E-state index contributed by atoms with van der Waals surface area (Å²) in [5.41, 5.74) is 0.514. The lowest BCUT2D eigenvalue weighted by atomic mass is 9.85. The van der Waals surface area contributed by atoms with Crippen molar-refractivity contribution in [1.29, 1.82) is 0 Å². The molecule has 82 heavy (non-hydrogen) atoms. The number of hydrogen-bond acceptors (Lipinski definition) is 10. The predicted octanol–water partition coefficient (Wildman–Crippen LogP) is 6.27. The van der Waals surface area contributed by atoms with Gasteiger partial charge in [0.25, 0.3) is 11.8 Å². The van der Waals surface area contributed by atoms with Crippen LogP contribution in [0.25, 0.3) is 21.5 Å². The fourth-order valence-corrected chi connectivity index (χ4v) is 10.7. The molecule has 442 valence electrons. The third-order valence-electron chi connectivity index (χ3n) is 15.6. The topological polar surface area (TPSA) is 239 Å². The monoisotopic (exact) mass is 1160 g/mol. The average Bonchev–Trinajstić information content (AvgIpc) is 4.29. The van der Waals surface area contributed by atoms with E-state index in [1.165, 1.54) is 15.9 Å². The van der Waals surface area contributed by atoms with Gasteiger partial charge in [0.1, 0.15) is 24.2 Å². The van der Waals surface area contributed by atoms with Gasteiger partial charge in [0.2, 0.25) is 35.4 Å². The minimum absolute atomic E-state index is 0. The summed E-state index contributed by atoms with van der Waals surface area (Å²) >= 11 is 0. The van der Waals surface area contributed by atoms with E-state index in [1.54, 1.807) is 46.1 Å². The van der Waals surface area contributed by atoms with Gasteiger partial charge < -0.3 is 52.3 Å². The molecule has 8 amide bonds. The van der Waals surface area contributed by atoms with Crippen molar-refractivity contribution in [2.24, 2.45) is 10.8 Å². The van der Waals surface area contributed by atoms with Crippen LogP contribution in [0.4, 0.5) is 0 Å². The number of benzene rings is 5. The first-order valence-corrected chi connectivity index (χ1v) is 27.6. The van der Waals surface area contributed by atoms with Gasteiger partial charge in [-0.3, -0.25) is 38.4 Å². The fraction of sp³-hybridized carbons (Fsp3) is 0.452. The first kappa shape index (κ1) is 65.7. The summed E-state index contributed by atoms with van der Waals surface area (Å²) in [6.45, 7) is 18.0. The second-order valence-electron chi connectivity index (χ2n) is 23.6. The molecular weight excluding hydrogens is 1080 g/mol. The minimum atomic E-state index is -1.03. The Morgan fingerprint density at radius 2 is 0.817 bits per heavy atom. The summed E-state index contributed by atoms with van der Waals surface area (Å²) in [5, 5.41) is 27.9. The molecule has 0 aromatic heterocycles. The summed E-state index contributed by atoms with van der Waals surface area (Å²) in [5.74, 6) is -3.69. The maximum atomic E-state index is 14.8. The number of nitrogens with one attached hydrogen (secondary N) is 8. The molecule has 2 heterocycles. The Kier molecular flexibility index (Phi) is 22.2. The normalized spacial score (nSPS) is 19.2. The van der Waals surface area contributed by atoms with E-state index in [0.717, 1.165) is 32.7 Å². The molecule has 0 aliphatic carbocycles. The molecule has 20 heteroatoms. The Hall–Kier alpha value is -7.12. The van der Waals surface area contributed by atoms with E-state index in [1.807, 2.05) is 140 Å². The van der Waals surface area contributed by atoms with Crippen LogP contribution >= 0.6 is 24.8 Å². The van der Waals surface area contributed by atoms with Gasteiger partial charge in [0.15, 0.2) is 0 Å². The van der Waals surface area contributed by atoms with E-state index in [4.69, 9.17) is 0 Å². The van der Waals surface area contributed by atoms with Crippen molar-refractivity contribution < 1.29 is 38.4 Å². The van der Waals surface area contributed by atoms with Crippen LogP contribution in [0, 0.1) is 10.8 Å². The van der Waals surface area contributed by atoms with E-state index >= 15 is 0 Å². The predicted molar refractivity (Wildman–Crippen MR) is 325 cm³/mol. The average molecular weight is 1170 g/mol. The largest absolute Gasteiger partial charge is 0.348 e. The molecule has 2 aliphatic heterocycles. The molecule has 0 saturated carbocycles. The van der Waals surface area contributed by atoms with E-state index in [9.17, 15) is 38.4 Å². The zero-order valence-corrected chi connectivity index (χ0v) is 50.6.